The molecular formula is C25H42O7. The van der Waals surface area contributed by atoms with Crippen molar-refractivity contribution >= 4 is 0 Å². The molecule has 32 heavy (non-hydrogen) atoms. The van der Waals surface area contributed by atoms with Gasteiger partial charge in [0.2, 0.25) is 0 Å². The van der Waals surface area contributed by atoms with Crippen molar-refractivity contribution in [2.24, 2.45) is 34.5 Å². The minimum atomic E-state index is -1.41. The Kier molecular flexibility index (Phi) is 5.77. The van der Waals surface area contributed by atoms with Gasteiger partial charge in [-0.2, -0.15) is 0 Å². The number of aliphatic hydroxyl groups is 5. The summed E-state index contributed by atoms with van der Waals surface area (Å²) < 4.78 is 11.9. The van der Waals surface area contributed by atoms with Crippen LogP contribution in [0.4, 0.5) is 0 Å². The molecule has 0 aromatic heterocycles. The van der Waals surface area contributed by atoms with E-state index in [9.17, 15) is 25.5 Å². The number of hydrogen-bond donors (Lipinski definition) is 5. The van der Waals surface area contributed by atoms with E-state index in [0.717, 1.165) is 38.5 Å². The number of rotatable bonds is 3. The Balaban J connectivity index is 1.36. The predicted molar refractivity (Wildman–Crippen MR) is 116 cm³/mol. The van der Waals surface area contributed by atoms with Crippen molar-refractivity contribution in [3.05, 3.63) is 0 Å². The Labute approximate surface area is 191 Å². The monoisotopic (exact) mass is 454 g/mol. The molecule has 5 N–H and O–H groups in total. The van der Waals surface area contributed by atoms with E-state index in [1.54, 1.807) is 0 Å². The average Bonchev–Trinajstić information content (AvgIpc) is 2.91. The largest absolute Gasteiger partial charge is 0.394 e. The van der Waals surface area contributed by atoms with Crippen molar-refractivity contribution in [2.75, 3.05) is 6.61 Å². The molecular weight excluding hydrogens is 412 g/mol. The maximum atomic E-state index is 11.1. The van der Waals surface area contributed by atoms with E-state index in [2.05, 4.69) is 13.8 Å². The zero-order valence-electron chi connectivity index (χ0n) is 19.7. The Morgan fingerprint density at radius 3 is 2.47 bits per heavy atom. The van der Waals surface area contributed by atoms with E-state index < -0.39 is 42.9 Å². The Hall–Kier alpha value is -0.280. The van der Waals surface area contributed by atoms with Gasteiger partial charge >= 0.3 is 0 Å². The maximum Gasteiger partial charge on any atom is 0.186 e. The van der Waals surface area contributed by atoms with Crippen molar-refractivity contribution in [1.29, 1.82) is 0 Å². The van der Waals surface area contributed by atoms with Gasteiger partial charge < -0.3 is 35.0 Å². The predicted octanol–water partition coefficient (Wildman–Crippen LogP) is 1.58. The first-order chi connectivity index (χ1) is 15.0. The molecule has 7 nitrogen and oxygen atoms in total. The van der Waals surface area contributed by atoms with Crippen LogP contribution in [0.1, 0.15) is 72.1 Å². The second-order valence-electron chi connectivity index (χ2n) is 12.5. The van der Waals surface area contributed by atoms with Gasteiger partial charge in [0.15, 0.2) is 6.29 Å². The van der Waals surface area contributed by atoms with Crippen molar-refractivity contribution in [2.45, 2.75) is 115 Å². The van der Waals surface area contributed by atoms with E-state index in [1.807, 2.05) is 6.92 Å². The van der Waals surface area contributed by atoms with E-state index in [1.165, 1.54) is 12.8 Å². The lowest BCUT2D eigenvalue weighted by atomic mass is 9.43. The summed E-state index contributed by atoms with van der Waals surface area (Å²) in [5, 5.41) is 51.3. The Morgan fingerprint density at radius 1 is 1.00 bits per heavy atom. The number of aliphatic hydroxyl groups excluding tert-OH is 4. The van der Waals surface area contributed by atoms with Gasteiger partial charge in [-0.15, -0.1) is 0 Å². The van der Waals surface area contributed by atoms with Gasteiger partial charge in [0.25, 0.3) is 0 Å². The third-order valence-corrected chi connectivity index (χ3v) is 10.5. The molecule has 13 atom stereocenters. The van der Waals surface area contributed by atoms with E-state index in [-0.39, 0.29) is 16.9 Å². The summed E-state index contributed by atoms with van der Waals surface area (Å²) in [4.78, 5) is 0. The van der Waals surface area contributed by atoms with Gasteiger partial charge in [0, 0.05) is 0 Å². The topological polar surface area (TPSA) is 120 Å². The minimum Gasteiger partial charge on any atom is -0.394 e. The fraction of sp³-hybridized carbons (Fsp3) is 1.00. The zero-order valence-corrected chi connectivity index (χ0v) is 19.7. The lowest BCUT2D eigenvalue weighted by Gasteiger charge is -2.62. The van der Waals surface area contributed by atoms with Crippen LogP contribution in [0.2, 0.25) is 0 Å². The summed E-state index contributed by atoms with van der Waals surface area (Å²) in [7, 11) is 0. The fourth-order valence-electron chi connectivity index (χ4n) is 9.27. The van der Waals surface area contributed by atoms with Crippen molar-refractivity contribution in [3.8, 4) is 0 Å². The average molecular weight is 455 g/mol. The molecule has 7 heteroatoms. The van der Waals surface area contributed by atoms with Crippen LogP contribution in [0.3, 0.4) is 0 Å². The maximum absolute atomic E-state index is 11.1. The number of fused-ring (bicyclic) bond motifs is 3. The molecule has 1 heterocycles. The molecule has 0 amide bonds. The zero-order chi connectivity index (χ0) is 23.1. The van der Waals surface area contributed by atoms with Crippen molar-refractivity contribution in [1.82, 2.24) is 0 Å². The smallest absolute Gasteiger partial charge is 0.186 e. The molecule has 5 aliphatic rings. The summed E-state index contributed by atoms with van der Waals surface area (Å²) in [6.45, 7) is 6.32. The third kappa shape index (κ3) is 3.42. The normalized spacial score (nSPS) is 60.0. The van der Waals surface area contributed by atoms with Gasteiger partial charge in [-0.3, -0.25) is 0 Å². The molecule has 4 saturated carbocycles. The van der Waals surface area contributed by atoms with Crippen LogP contribution in [-0.2, 0) is 9.47 Å². The third-order valence-electron chi connectivity index (χ3n) is 10.5. The first kappa shape index (κ1) is 23.5. The van der Waals surface area contributed by atoms with Crippen LogP contribution in [0, 0.1) is 34.5 Å². The highest BCUT2D eigenvalue weighted by Crippen LogP contribution is 2.71. The van der Waals surface area contributed by atoms with E-state index >= 15 is 0 Å². The molecule has 0 aromatic carbocycles. The highest BCUT2D eigenvalue weighted by molar-refractivity contribution is 5.15. The van der Waals surface area contributed by atoms with Gasteiger partial charge in [-0.1, -0.05) is 13.8 Å². The molecule has 0 radical (unpaired) electrons. The van der Waals surface area contributed by atoms with Gasteiger partial charge in [0.05, 0.1) is 18.3 Å². The van der Waals surface area contributed by atoms with Crippen molar-refractivity contribution in [3.63, 3.8) is 0 Å². The molecule has 4 aliphatic carbocycles. The van der Waals surface area contributed by atoms with Gasteiger partial charge in [-0.25, -0.2) is 0 Å². The summed E-state index contributed by atoms with van der Waals surface area (Å²) in [6.07, 6.45) is 2.18. The molecule has 0 aromatic rings. The SMILES string of the molecule is C[C@H]1C[C@@H](O[C@@H]2O[C@H](CO)[C@@H](O)[C@@H](O)[C@H]2O)C[C@]2(C)[C@@H]1CC[C@@]13C[C@@H](CC[C@H]12)[C@](C)(O)C3. The van der Waals surface area contributed by atoms with Gasteiger partial charge in [-0.05, 0) is 92.8 Å². The first-order valence-corrected chi connectivity index (χ1v) is 12.7. The Morgan fingerprint density at radius 2 is 1.75 bits per heavy atom. The van der Waals surface area contributed by atoms with E-state index in [0.29, 0.717) is 23.7 Å². The molecule has 1 aliphatic heterocycles. The second kappa shape index (κ2) is 7.87. The highest BCUT2D eigenvalue weighted by atomic mass is 16.7. The van der Waals surface area contributed by atoms with Gasteiger partial charge in [0.1, 0.15) is 24.4 Å². The van der Waals surface area contributed by atoms with Crippen LogP contribution in [0.15, 0.2) is 0 Å². The summed E-state index contributed by atoms with van der Waals surface area (Å²) >= 11 is 0. The highest BCUT2D eigenvalue weighted by Gasteiger charge is 2.65. The molecule has 1 saturated heterocycles. The van der Waals surface area contributed by atoms with Crippen LogP contribution >= 0.6 is 0 Å². The fourth-order valence-corrected chi connectivity index (χ4v) is 9.27. The lowest BCUT2D eigenvalue weighted by molar-refractivity contribution is -0.319. The minimum absolute atomic E-state index is 0.0973. The first-order valence-electron chi connectivity index (χ1n) is 12.7. The summed E-state index contributed by atoms with van der Waals surface area (Å²) in [6, 6.07) is 0. The molecule has 5 rings (SSSR count). The lowest BCUT2D eigenvalue weighted by Crippen LogP contribution is -2.61. The quantitative estimate of drug-likeness (QED) is 0.411. The van der Waals surface area contributed by atoms with Crippen LogP contribution < -0.4 is 0 Å². The van der Waals surface area contributed by atoms with Crippen LogP contribution in [0.25, 0.3) is 0 Å². The molecule has 184 valence electrons. The molecule has 0 unspecified atom stereocenters. The molecule has 5 fully saturated rings. The molecule has 1 spiro atoms. The van der Waals surface area contributed by atoms with Crippen molar-refractivity contribution < 1.29 is 35.0 Å². The Bertz CT molecular complexity index is 712. The number of hydrogen-bond acceptors (Lipinski definition) is 7. The number of ether oxygens (including phenoxy) is 2. The summed E-state index contributed by atoms with van der Waals surface area (Å²) in [5.41, 5.74) is -0.229. The van der Waals surface area contributed by atoms with E-state index in [4.69, 9.17) is 9.47 Å². The second-order valence-corrected chi connectivity index (χ2v) is 12.5. The van der Waals surface area contributed by atoms with Crippen LogP contribution in [-0.4, -0.2) is 74.6 Å². The standard InChI is InChI=1S/C25H42O7/c1-13-8-15(31-22-21(29)20(28)19(27)17(11-26)32-22)10-23(2)16(13)6-7-25-9-14(4-5-18(23)25)24(3,30)12-25/h13-22,26-30H,4-12H2,1-3H3/t13-,14+,15+,16+,17+,18-,19+,20+,21+,22+,23+,24+,25-/m0/s1. The summed E-state index contributed by atoms with van der Waals surface area (Å²) in [5.74, 6) is 2.07. The van der Waals surface area contributed by atoms with Crippen LogP contribution in [0.5, 0.6) is 0 Å². The molecule has 2 bridgehead atoms.